The van der Waals surface area contributed by atoms with Crippen LogP contribution >= 0.6 is 11.6 Å². The number of amides is 1. The van der Waals surface area contributed by atoms with Gasteiger partial charge in [-0.25, -0.2) is 4.98 Å². The fourth-order valence-electron chi connectivity index (χ4n) is 1.32. The molecule has 0 aliphatic carbocycles. The summed E-state index contributed by atoms with van der Waals surface area (Å²) in [5, 5.41) is 3.14. The standard InChI is InChI=1S/C10H8ClN3O/c11-7-1-2-8(9(5-7)14-6-15)10-12-3-4-13-10/h1-6H,(H,12,13)(H,14,15). The van der Waals surface area contributed by atoms with Crippen molar-refractivity contribution in [2.45, 2.75) is 0 Å². The van der Waals surface area contributed by atoms with Gasteiger partial charge in [0.2, 0.25) is 6.41 Å². The maximum Gasteiger partial charge on any atom is 0.211 e. The minimum Gasteiger partial charge on any atom is -0.345 e. The highest BCUT2D eigenvalue weighted by Crippen LogP contribution is 2.27. The van der Waals surface area contributed by atoms with Crippen molar-refractivity contribution in [3.05, 3.63) is 35.6 Å². The number of nitrogens with zero attached hydrogens (tertiary/aromatic N) is 1. The zero-order valence-electron chi connectivity index (χ0n) is 7.70. The Bertz CT molecular complexity index is 468. The SMILES string of the molecule is O=CNc1cc(Cl)ccc1-c1ncc[nH]1. The maximum absolute atomic E-state index is 10.4. The number of carbonyl (C=O) groups is 1. The average Bonchev–Trinajstić information content (AvgIpc) is 2.71. The molecule has 15 heavy (non-hydrogen) atoms. The van der Waals surface area contributed by atoms with Crippen LogP contribution in [0.2, 0.25) is 5.02 Å². The lowest BCUT2D eigenvalue weighted by Gasteiger charge is -2.05. The lowest BCUT2D eigenvalue weighted by atomic mass is 10.1. The molecule has 0 aliphatic heterocycles. The predicted octanol–water partition coefficient (Wildman–Crippen LogP) is 2.30. The molecule has 0 saturated heterocycles. The van der Waals surface area contributed by atoms with Crippen molar-refractivity contribution in [2.75, 3.05) is 5.32 Å². The summed E-state index contributed by atoms with van der Waals surface area (Å²) >= 11 is 5.83. The van der Waals surface area contributed by atoms with Crippen molar-refractivity contribution >= 4 is 23.7 Å². The van der Waals surface area contributed by atoms with Crippen molar-refractivity contribution in [1.82, 2.24) is 9.97 Å². The smallest absolute Gasteiger partial charge is 0.211 e. The van der Waals surface area contributed by atoms with E-state index in [1.54, 1.807) is 30.6 Å². The van der Waals surface area contributed by atoms with Gasteiger partial charge in [-0.1, -0.05) is 11.6 Å². The summed E-state index contributed by atoms with van der Waals surface area (Å²) in [6.45, 7) is 0. The van der Waals surface area contributed by atoms with Crippen LogP contribution in [-0.2, 0) is 4.79 Å². The van der Waals surface area contributed by atoms with E-state index in [2.05, 4.69) is 15.3 Å². The first-order valence-electron chi connectivity index (χ1n) is 4.31. The van der Waals surface area contributed by atoms with Gasteiger partial charge in [-0.2, -0.15) is 0 Å². The largest absolute Gasteiger partial charge is 0.345 e. The molecule has 2 N–H and O–H groups in total. The Kier molecular flexibility index (Phi) is 2.69. The van der Waals surface area contributed by atoms with Gasteiger partial charge in [-0.3, -0.25) is 4.79 Å². The Morgan fingerprint density at radius 2 is 2.33 bits per heavy atom. The first-order valence-corrected chi connectivity index (χ1v) is 4.68. The van der Waals surface area contributed by atoms with E-state index >= 15 is 0 Å². The van der Waals surface area contributed by atoms with E-state index in [9.17, 15) is 4.79 Å². The molecule has 76 valence electrons. The number of nitrogens with one attached hydrogen (secondary N) is 2. The Balaban J connectivity index is 2.50. The van der Waals surface area contributed by atoms with Crippen LogP contribution in [0.15, 0.2) is 30.6 Å². The number of benzene rings is 1. The highest BCUT2D eigenvalue weighted by molar-refractivity contribution is 6.31. The van der Waals surface area contributed by atoms with Crippen molar-refractivity contribution in [3.8, 4) is 11.4 Å². The normalized spacial score (nSPS) is 9.93. The second kappa shape index (κ2) is 4.14. The number of imidazole rings is 1. The Hall–Kier alpha value is -1.81. The molecule has 1 aromatic heterocycles. The van der Waals surface area contributed by atoms with Crippen LogP contribution in [0.25, 0.3) is 11.4 Å². The molecule has 0 radical (unpaired) electrons. The summed E-state index contributed by atoms with van der Waals surface area (Å²) in [4.78, 5) is 17.5. The minimum atomic E-state index is 0.564. The van der Waals surface area contributed by atoms with E-state index in [0.29, 0.717) is 22.9 Å². The second-order valence-corrected chi connectivity index (χ2v) is 3.33. The van der Waals surface area contributed by atoms with Gasteiger partial charge in [0.25, 0.3) is 0 Å². The van der Waals surface area contributed by atoms with Crippen LogP contribution in [0, 0.1) is 0 Å². The summed E-state index contributed by atoms with van der Waals surface area (Å²) in [7, 11) is 0. The van der Waals surface area contributed by atoms with Crippen molar-refractivity contribution < 1.29 is 4.79 Å². The van der Waals surface area contributed by atoms with Gasteiger partial charge < -0.3 is 10.3 Å². The topological polar surface area (TPSA) is 57.8 Å². The molecule has 4 nitrogen and oxygen atoms in total. The summed E-state index contributed by atoms with van der Waals surface area (Å²) in [6.07, 6.45) is 3.97. The highest BCUT2D eigenvalue weighted by Gasteiger charge is 2.06. The molecule has 0 atom stereocenters. The van der Waals surface area contributed by atoms with Gasteiger partial charge in [0, 0.05) is 23.0 Å². The molecule has 1 aromatic carbocycles. The Morgan fingerprint density at radius 3 is 3.00 bits per heavy atom. The van der Waals surface area contributed by atoms with Gasteiger partial charge in [0.1, 0.15) is 5.82 Å². The van der Waals surface area contributed by atoms with Gasteiger partial charge in [0.05, 0.1) is 5.69 Å². The average molecular weight is 222 g/mol. The van der Waals surface area contributed by atoms with E-state index < -0.39 is 0 Å². The zero-order chi connectivity index (χ0) is 10.7. The van der Waals surface area contributed by atoms with E-state index in [-0.39, 0.29) is 0 Å². The maximum atomic E-state index is 10.4. The number of hydrogen-bond donors (Lipinski definition) is 2. The van der Waals surface area contributed by atoms with Crippen molar-refractivity contribution in [1.29, 1.82) is 0 Å². The van der Waals surface area contributed by atoms with Gasteiger partial charge in [-0.05, 0) is 18.2 Å². The lowest BCUT2D eigenvalue weighted by molar-refractivity contribution is -0.105. The number of aromatic amines is 1. The van der Waals surface area contributed by atoms with Gasteiger partial charge in [0.15, 0.2) is 0 Å². The summed E-state index contributed by atoms with van der Waals surface area (Å²) < 4.78 is 0. The molecule has 0 spiro atoms. The lowest BCUT2D eigenvalue weighted by Crippen LogP contribution is -1.97. The summed E-state index contributed by atoms with van der Waals surface area (Å²) in [5.74, 6) is 0.691. The molecule has 2 rings (SSSR count). The predicted molar refractivity (Wildman–Crippen MR) is 58.7 cm³/mol. The molecule has 0 fully saturated rings. The third kappa shape index (κ3) is 1.99. The van der Waals surface area contributed by atoms with E-state index in [1.165, 1.54) is 0 Å². The highest BCUT2D eigenvalue weighted by atomic mass is 35.5. The van der Waals surface area contributed by atoms with Crippen LogP contribution < -0.4 is 5.32 Å². The zero-order valence-corrected chi connectivity index (χ0v) is 8.45. The van der Waals surface area contributed by atoms with Gasteiger partial charge >= 0.3 is 0 Å². The monoisotopic (exact) mass is 221 g/mol. The van der Waals surface area contributed by atoms with Crippen LogP contribution in [0.1, 0.15) is 0 Å². The molecule has 0 saturated carbocycles. The second-order valence-electron chi connectivity index (χ2n) is 2.89. The molecule has 2 aromatic rings. The van der Waals surface area contributed by atoms with Crippen molar-refractivity contribution in [2.24, 2.45) is 0 Å². The minimum absolute atomic E-state index is 0.564. The number of carbonyl (C=O) groups excluding carboxylic acids is 1. The fraction of sp³-hybridized carbons (Fsp3) is 0. The Morgan fingerprint density at radius 1 is 1.47 bits per heavy atom. The van der Waals surface area contributed by atoms with E-state index in [0.717, 1.165) is 5.56 Å². The Labute approximate surface area is 91.3 Å². The molecule has 0 unspecified atom stereocenters. The number of halogens is 1. The number of hydrogen-bond acceptors (Lipinski definition) is 2. The third-order valence-corrected chi connectivity index (χ3v) is 2.18. The van der Waals surface area contributed by atoms with E-state index in [4.69, 9.17) is 11.6 Å². The molecular formula is C10H8ClN3O. The number of aromatic nitrogens is 2. The van der Waals surface area contributed by atoms with Crippen LogP contribution in [0.3, 0.4) is 0 Å². The van der Waals surface area contributed by atoms with Crippen LogP contribution in [0.4, 0.5) is 5.69 Å². The number of rotatable bonds is 3. The molecule has 1 amide bonds. The molecular weight excluding hydrogens is 214 g/mol. The first kappa shape index (κ1) is 9.73. The summed E-state index contributed by atoms with van der Waals surface area (Å²) in [5.41, 5.74) is 1.43. The summed E-state index contributed by atoms with van der Waals surface area (Å²) in [6, 6.07) is 5.22. The van der Waals surface area contributed by atoms with Gasteiger partial charge in [-0.15, -0.1) is 0 Å². The quantitative estimate of drug-likeness (QED) is 0.782. The molecule has 0 aliphatic rings. The van der Waals surface area contributed by atoms with Crippen LogP contribution in [-0.4, -0.2) is 16.4 Å². The first-order chi connectivity index (χ1) is 7.31. The molecule has 0 bridgehead atoms. The van der Waals surface area contributed by atoms with Crippen molar-refractivity contribution in [3.63, 3.8) is 0 Å². The molecule has 5 heteroatoms. The van der Waals surface area contributed by atoms with Crippen LogP contribution in [0.5, 0.6) is 0 Å². The molecule has 1 heterocycles. The third-order valence-electron chi connectivity index (χ3n) is 1.95. The number of anilines is 1. The fourth-order valence-corrected chi connectivity index (χ4v) is 1.49. The van der Waals surface area contributed by atoms with E-state index in [1.807, 2.05) is 0 Å². The number of H-pyrrole nitrogens is 1.